The van der Waals surface area contributed by atoms with Crippen LogP contribution in [0.3, 0.4) is 0 Å². The molecule has 0 heterocycles. The fourth-order valence-corrected chi connectivity index (χ4v) is 1.87. The second kappa shape index (κ2) is 6.05. The molecule has 0 aromatic heterocycles. The van der Waals surface area contributed by atoms with Crippen LogP contribution in [0.2, 0.25) is 0 Å². The number of esters is 1. The van der Waals surface area contributed by atoms with Crippen molar-refractivity contribution in [3.8, 4) is 0 Å². The van der Waals surface area contributed by atoms with Gasteiger partial charge in [-0.05, 0) is 18.8 Å². The number of methoxy groups -OCH3 is 1. The molecule has 0 atom stereocenters. The maximum Gasteiger partial charge on any atom is 0.363 e. The Labute approximate surface area is 89.3 Å². The number of carbonyl (C=O) groups is 1. The molecule has 15 heavy (non-hydrogen) atoms. The second-order valence-electron chi connectivity index (χ2n) is 3.16. The zero-order valence-electron chi connectivity index (χ0n) is 9.14. The van der Waals surface area contributed by atoms with Gasteiger partial charge in [-0.2, -0.15) is 0 Å². The minimum Gasteiger partial charge on any atom is -0.465 e. The summed E-state index contributed by atoms with van der Waals surface area (Å²) in [5, 5.41) is -0.543. The van der Waals surface area contributed by atoms with Gasteiger partial charge in [0.15, 0.2) is 0 Å². The van der Waals surface area contributed by atoms with Crippen LogP contribution in [0.1, 0.15) is 26.7 Å². The predicted octanol–water partition coefficient (Wildman–Crippen LogP) is 1.66. The largest absolute Gasteiger partial charge is 0.465 e. The van der Waals surface area contributed by atoms with Gasteiger partial charge in [-0.15, -0.1) is 0 Å². The van der Waals surface area contributed by atoms with Gasteiger partial charge in [0.25, 0.3) is 0 Å². The molecule has 0 radical (unpaired) electrons. The Morgan fingerprint density at radius 3 is 2.13 bits per heavy atom. The van der Waals surface area contributed by atoms with Crippen molar-refractivity contribution >= 4 is 13.6 Å². The molecular weight excluding hydrogens is 219 g/mol. The van der Waals surface area contributed by atoms with Gasteiger partial charge in [0.1, 0.15) is 5.31 Å². The lowest BCUT2D eigenvalue weighted by Crippen LogP contribution is -2.07. The van der Waals surface area contributed by atoms with E-state index in [1.165, 1.54) is 6.08 Å². The Balaban J connectivity index is 5.11. The molecule has 0 fully saturated rings. The molecule has 0 bridgehead atoms. The van der Waals surface area contributed by atoms with E-state index in [1.54, 1.807) is 0 Å². The summed E-state index contributed by atoms with van der Waals surface area (Å²) in [6.45, 7) is 3.78. The van der Waals surface area contributed by atoms with Gasteiger partial charge >= 0.3 is 13.6 Å². The summed E-state index contributed by atoms with van der Waals surface area (Å²) in [4.78, 5) is 29.1. The lowest BCUT2D eigenvalue weighted by atomic mass is 10.0. The van der Waals surface area contributed by atoms with Crippen LogP contribution in [0, 0.1) is 5.92 Å². The molecule has 0 saturated heterocycles. The molecule has 0 unspecified atom stereocenters. The molecule has 6 heteroatoms. The first kappa shape index (κ1) is 14.4. The number of ether oxygens (including phenoxy) is 1. The highest BCUT2D eigenvalue weighted by Gasteiger charge is 2.29. The average molecular weight is 236 g/mol. The van der Waals surface area contributed by atoms with Crippen LogP contribution < -0.4 is 0 Å². The van der Waals surface area contributed by atoms with E-state index in [1.807, 2.05) is 13.8 Å². The first-order valence-corrected chi connectivity index (χ1v) is 6.34. The summed E-state index contributed by atoms with van der Waals surface area (Å²) < 4.78 is 15.4. The van der Waals surface area contributed by atoms with Gasteiger partial charge in [-0.1, -0.05) is 19.9 Å². The molecule has 0 aromatic rings. The number of hydrogen-bond donors (Lipinski definition) is 2. The molecule has 0 aromatic carbocycles. The van der Waals surface area contributed by atoms with Gasteiger partial charge in [-0.25, -0.2) is 4.79 Å². The van der Waals surface area contributed by atoms with Gasteiger partial charge in [0.05, 0.1) is 7.11 Å². The van der Waals surface area contributed by atoms with Crippen LogP contribution in [0.5, 0.6) is 0 Å². The Kier molecular flexibility index (Phi) is 5.80. The summed E-state index contributed by atoms with van der Waals surface area (Å²) in [6, 6.07) is 0. The lowest BCUT2D eigenvalue weighted by molar-refractivity contribution is -0.135. The number of hydrogen-bond acceptors (Lipinski definition) is 3. The third kappa shape index (κ3) is 4.60. The fourth-order valence-electron chi connectivity index (χ4n) is 1.14. The highest BCUT2D eigenvalue weighted by atomic mass is 31.2. The molecular formula is C9H17O5P. The SMILES string of the molecule is CCC(/C=C(\C(=O)OC)P(=O)(O)O)CC. The van der Waals surface area contributed by atoms with Gasteiger partial charge in [0.2, 0.25) is 0 Å². The lowest BCUT2D eigenvalue weighted by Gasteiger charge is -2.11. The zero-order chi connectivity index (χ0) is 12.1. The van der Waals surface area contributed by atoms with Crippen molar-refractivity contribution in [2.24, 2.45) is 5.92 Å². The molecule has 88 valence electrons. The average Bonchev–Trinajstić information content (AvgIpc) is 2.16. The topological polar surface area (TPSA) is 83.8 Å². The minimum absolute atomic E-state index is 0.0216. The van der Waals surface area contributed by atoms with Crippen LogP contribution in [0.15, 0.2) is 11.4 Å². The monoisotopic (exact) mass is 236 g/mol. The molecule has 0 amide bonds. The number of carbonyl (C=O) groups excluding carboxylic acids is 1. The zero-order valence-corrected chi connectivity index (χ0v) is 10.0. The molecule has 0 saturated carbocycles. The van der Waals surface area contributed by atoms with Crippen LogP contribution in [0.25, 0.3) is 0 Å². The quantitative estimate of drug-likeness (QED) is 0.431. The molecule has 5 nitrogen and oxygen atoms in total. The van der Waals surface area contributed by atoms with Gasteiger partial charge < -0.3 is 14.5 Å². The standard InChI is InChI=1S/C9H17O5P/c1-4-7(5-2)6-8(9(10)14-3)15(11,12)13/h6-7H,4-5H2,1-3H3,(H2,11,12,13)/b8-6+. The molecule has 0 rings (SSSR count). The smallest absolute Gasteiger partial charge is 0.363 e. The van der Waals surface area contributed by atoms with Crippen LogP contribution in [-0.2, 0) is 14.1 Å². The fraction of sp³-hybridized carbons (Fsp3) is 0.667. The summed E-state index contributed by atoms with van der Waals surface area (Å²) in [5.41, 5.74) is 0. The van der Waals surface area contributed by atoms with Crippen LogP contribution in [-0.4, -0.2) is 22.9 Å². The van der Waals surface area contributed by atoms with Crippen molar-refractivity contribution in [3.05, 3.63) is 11.4 Å². The Bertz CT molecular complexity index is 287. The second-order valence-corrected chi connectivity index (χ2v) is 4.73. The van der Waals surface area contributed by atoms with E-state index in [9.17, 15) is 9.36 Å². The van der Waals surface area contributed by atoms with Crippen molar-refractivity contribution in [1.29, 1.82) is 0 Å². The van der Waals surface area contributed by atoms with E-state index in [0.29, 0.717) is 0 Å². The molecule has 2 N–H and O–H groups in total. The highest BCUT2D eigenvalue weighted by Crippen LogP contribution is 2.46. The summed E-state index contributed by atoms with van der Waals surface area (Å²) >= 11 is 0. The minimum atomic E-state index is -4.54. The number of allylic oxidation sites excluding steroid dienone is 1. The van der Waals surface area contributed by atoms with Crippen molar-refractivity contribution in [2.45, 2.75) is 26.7 Å². The molecule has 0 aliphatic carbocycles. The molecule has 0 spiro atoms. The highest BCUT2D eigenvalue weighted by molar-refractivity contribution is 7.58. The van der Waals surface area contributed by atoms with E-state index in [2.05, 4.69) is 4.74 Å². The Morgan fingerprint density at radius 2 is 1.87 bits per heavy atom. The third-order valence-electron chi connectivity index (χ3n) is 2.15. The Morgan fingerprint density at radius 1 is 1.40 bits per heavy atom. The van der Waals surface area contributed by atoms with Crippen molar-refractivity contribution in [1.82, 2.24) is 0 Å². The Hall–Kier alpha value is -0.640. The van der Waals surface area contributed by atoms with Crippen LogP contribution in [0.4, 0.5) is 0 Å². The first-order valence-electron chi connectivity index (χ1n) is 4.73. The van der Waals surface area contributed by atoms with Gasteiger partial charge in [0, 0.05) is 0 Å². The van der Waals surface area contributed by atoms with Crippen molar-refractivity contribution in [2.75, 3.05) is 7.11 Å². The van der Waals surface area contributed by atoms with E-state index in [0.717, 1.165) is 20.0 Å². The van der Waals surface area contributed by atoms with E-state index < -0.39 is 18.9 Å². The number of rotatable bonds is 5. The predicted molar refractivity (Wildman–Crippen MR) is 56.2 cm³/mol. The van der Waals surface area contributed by atoms with E-state index in [-0.39, 0.29) is 5.92 Å². The van der Waals surface area contributed by atoms with Gasteiger partial charge in [-0.3, -0.25) is 4.57 Å². The summed E-state index contributed by atoms with van der Waals surface area (Å²) in [6.07, 6.45) is 2.75. The maximum absolute atomic E-state index is 11.1. The van der Waals surface area contributed by atoms with Crippen molar-refractivity contribution in [3.63, 3.8) is 0 Å². The molecule has 0 aliphatic heterocycles. The maximum atomic E-state index is 11.1. The van der Waals surface area contributed by atoms with Crippen LogP contribution >= 0.6 is 7.60 Å². The first-order chi connectivity index (χ1) is 6.86. The van der Waals surface area contributed by atoms with Crippen molar-refractivity contribution < 1.29 is 23.9 Å². The van der Waals surface area contributed by atoms with E-state index in [4.69, 9.17) is 9.79 Å². The third-order valence-corrected chi connectivity index (χ3v) is 3.11. The van der Waals surface area contributed by atoms with E-state index >= 15 is 0 Å². The summed E-state index contributed by atoms with van der Waals surface area (Å²) in [5.74, 6) is -0.984. The normalized spacial score (nSPS) is 13.1. The summed E-state index contributed by atoms with van der Waals surface area (Å²) in [7, 11) is -3.45. The molecule has 0 aliphatic rings.